The molecule has 0 bridgehead atoms. The molecule has 6 heteroatoms. The fraction of sp³-hybridized carbons (Fsp3) is 0.579. The van der Waals surface area contributed by atoms with E-state index in [1.807, 2.05) is 13.8 Å². The Labute approximate surface area is 149 Å². The van der Waals surface area contributed by atoms with Crippen LogP contribution in [0.25, 0.3) is 0 Å². The van der Waals surface area contributed by atoms with Gasteiger partial charge in [-0.25, -0.2) is 4.79 Å². The van der Waals surface area contributed by atoms with Crippen LogP contribution >= 0.6 is 0 Å². The lowest BCUT2D eigenvalue weighted by Gasteiger charge is -2.24. The standard InChI is InChI=1S/C19H29NO5/c1-6-11-24-16-10-9-14(13-15(16)17(21)23-8-3)20-18(22)19(4,5)25-12-7-2/h9-10,13H,6-8,11-12H2,1-5H3,(H,20,22). The Hall–Kier alpha value is -2.08. The number of amides is 1. The second kappa shape index (κ2) is 10.0. The molecule has 0 saturated carbocycles. The van der Waals surface area contributed by atoms with Gasteiger partial charge in [0.1, 0.15) is 16.9 Å². The van der Waals surface area contributed by atoms with Crippen molar-refractivity contribution in [1.82, 2.24) is 0 Å². The van der Waals surface area contributed by atoms with Crippen LogP contribution in [-0.2, 0) is 14.3 Å². The molecule has 0 heterocycles. The number of carbonyl (C=O) groups excluding carboxylic acids is 2. The fourth-order valence-electron chi connectivity index (χ4n) is 2.02. The number of hydrogen-bond donors (Lipinski definition) is 1. The lowest BCUT2D eigenvalue weighted by atomic mass is 10.1. The Morgan fingerprint density at radius 2 is 1.76 bits per heavy atom. The van der Waals surface area contributed by atoms with Gasteiger partial charge < -0.3 is 19.5 Å². The first-order valence-electron chi connectivity index (χ1n) is 8.75. The van der Waals surface area contributed by atoms with Gasteiger partial charge in [-0.15, -0.1) is 0 Å². The van der Waals surface area contributed by atoms with E-state index in [1.165, 1.54) is 0 Å². The summed E-state index contributed by atoms with van der Waals surface area (Å²) < 4.78 is 16.2. The molecule has 0 unspecified atom stereocenters. The number of benzene rings is 1. The van der Waals surface area contributed by atoms with Gasteiger partial charge in [-0.2, -0.15) is 0 Å². The predicted octanol–water partition coefficient (Wildman–Crippen LogP) is 3.80. The van der Waals surface area contributed by atoms with E-state index < -0.39 is 11.6 Å². The molecule has 0 spiro atoms. The number of anilines is 1. The van der Waals surface area contributed by atoms with E-state index in [9.17, 15) is 9.59 Å². The van der Waals surface area contributed by atoms with Crippen LogP contribution in [0.4, 0.5) is 5.69 Å². The van der Waals surface area contributed by atoms with Gasteiger partial charge in [0.2, 0.25) is 0 Å². The summed E-state index contributed by atoms with van der Waals surface area (Å²) in [5.41, 5.74) is -0.178. The minimum atomic E-state index is -0.961. The first kappa shape index (κ1) is 21.0. The normalized spacial score (nSPS) is 11.1. The lowest BCUT2D eigenvalue weighted by Crippen LogP contribution is -2.40. The molecule has 25 heavy (non-hydrogen) atoms. The van der Waals surface area contributed by atoms with Crippen LogP contribution in [0.1, 0.15) is 57.8 Å². The van der Waals surface area contributed by atoms with Crippen LogP contribution in [0, 0.1) is 0 Å². The minimum absolute atomic E-state index is 0.264. The third kappa shape index (κ3) is 6.38. The fourth-order valence-corrected chi connectivity index (χ4v) is 2.02. The van der Waals surface area contributed by atoms with Crippen LogP contribution in [0.15, 0.2) is 18.2 Å². The second-order valence-electron chi connectivity index (χ2n) is 6.09. The van der Waals surface area contributed by atoms with Crippen LogP contribution in [0.3, 0.4) is 0 Å². The highest BCUT2D eigenvalue weighted by Crippen LogP contribution is 2.25. The number of carbonyl (C=O) groups is 2. The van der Waals surface area contributed by atoms with Crippen molar-refractivity contribution in [2.24, 2.45) is 0 Å². The van der Waals surface area contributed by atoms with Gasteiger partial charge in [0.05, 0.1) is 13.2 Å². The van der Waals surface area contributed by atoms with Gasteiger partial charge in [-0.1, -0.05) is 13.8 Å². The number of ether oxygens (including phenoxy) is 3. The Balaban J connectivity index is 2.98. The summed E-state index contributed by atoms with van der Waals surface area (Å²) >= 11 is 0. The van der Waals surface area contributed by atoms with Gasteiger partial charge in [0.15, 0.2) is 0 Å². The molecule has 6 nitrogen and oxygen atoms in total. The van der Waals surface area contributed by atoms with Gasteiger partial charge >= 0.3 is 5.97 Å². The second-order valence-corrected chi connectivity index (χ2v) is 6.09. The zero-order valence-electron chi connectivity index (χ0n) is 15.8. The maximum Gasteiger partial charge on any atom is 0.341 e. The van der Waals surface area contributed by atoms with Crippen molar-refractivity contribution in [3.63, 3.8) is 0 Å². The Morgan fingerprint density at radius 3 is 2.36 bits per heavy atom. The highest BCUT2D eigenvalue weighted by atomic mass is 16.5. The van der Waals surface area contributed by atoms with Crippen molar-refractivity contribution in [2.75, 3.05) is 25.1 Å². The molecule has 1 rings (SSSR count). The van der Waals surface area contributed by atoms with Crippen molar-refractivity contribution < 1.29 is 23.8 Å². The molecule has 1 amide bonds. The van der Waals surface area contributed by atoms with Crippen LogP contribution in [-0.4, -0.2) is 37.3 Å². The largest absolute Gasteiger partial charge is 0.493 e. The van der Waals surface area contributed by atoms with E-state index >= 15 is 0 Å². The third-order valence-corrected chi connectivity index (χ3v) is 3.41. The van der Waals surface area contributed by atoms with Crippen LogP contribution in [0.5, 0.6) is 5.75 Å². The average Bonchev–Trinajstić information content (AvgIpc) is 2.58. The maximum absolute atomic E-state index is 12.4. The van der Waals surface area contributed by atoms with E-state index in [0.29, 0.717) is 30.2 Å². The van der Waals surface area contributed by atoms with E-state index in [-0.39, 0.29) is 12.5 Å². The molecule has 0 saturated heterocycles. The monoisotopic (exact) mass is 351 g/mol. The molecule has 1 aromatic carbocycles. The van der Waals surface area contributed by atoms with Gasteiger partial charge in [-0.3, -0.25) is 4.79 Å². The van der Waals surface area contributed by atoms with Gasteiger partial charge in [-0.05, 0) is 51.8 Å². The zero-order valence-corrected chi connectivity index (χ0v) is 15.8. The van der Waals surface area contributed by atoms with Crippen LogP contribution in [0.2, 0.25) is 0 Å². The molecular formula is C19H29NO5. The van der Waals surface area contributed by atoms with Crippen molar-refractivity contribution in [3.8, 4) is 5.75 Å². The van der Waals surface area contributed by atoms with E-state index in [4.69, 9.17) is 14.2 Å². The molecule has 0 radical (unpaired) electrons. The smallest absolute Gasteiger partial charge is 0.341 e. The quantitative estimate of drug-likeness (QED) is 0.649. The summed E-state index contributed by atoms with van der Waals surface area (Å²) in [5.74, 6) is -0.316. The summed E-state index contributed by atoms with van der Waals surface area (Å²) in [7, 11) is 0. The molecular weight excluding hydrogens is 322 g/mol. The first-order valence-corrected chi connectivity index (χ1v) is 8.75. The molecule has 1 aromatic rings. The van der Waals surface area contributed by atoms with Crippen molar-refractivity contribution in [2.45, 2.75) is 53.1 Å². The Bertz CT molecular complexity index is 583. The molecule has 0 aliphatic rings. The molecule has 0 aromatic heterocycles. The summed E-state index contributed by atoms with van der Waals surface area (Å²) in [5, 5.41) is 2.78. The molecule has 140 valence electrons. The van der Waals surface area contributed by atoms with E-state index in [2.05, 4.69) is 5.32 Å². The van der Waals surface area contributed by atoms with Crippen molar-refractivity contribution >= 4 is 17.6 Å². The highest BCUT2D eigenvalue weighted by molar-refractivity contribution is 5.99. The number of rotatable bonds is 10. The van der Waals surface area contributed by atoms with Crippen molar-refractivity contribution in [3.05, 3.63) is 23.8 Å². The van der Waals surface area contributed by atoms with Gasteiger partial charge in [0, 0.05) is 12.3 Å². The number of nitrogens with one attached hydrogen (secondary N) is 1. The molecule has 0 aliphatic heterocycles. The predicted molar refractivity (Wildman–Crippen MR) is 97.1 cm³/mol. The summed E-state index contributed by atoms with van der Waals surface area (Å²) in [6.07, 6.45) is 1.65. The number of esters is 1. The minimum Gasteiger partial charge on any atom is -0.493 e. The van der Waals surface area contributed by atoms with Crippen molar-refractivity contribution in [1.29, 1.82) is 0 Å². The highest BCUT2D eigenvalue weighted by Gasteiger charge is 2.28. The molecule has 0 aliphatic carbocycles. The maximum atomic E-state index is 12.4. The SMILES string of the molecule is CCCOc1ccc(NC(=O)C(C)(C)OCCC)cc1C(=O)OCC. The Morgan fingerprint density at radius 1 is 1.08 bits per heavy atom. The van der Waals surface area contributed by atoms with Crippen LogP contribution < -0.4 is 10.1 Å². The lowest BCUT2D eigenvalue weighted by molar-refractivity contribution is -0.137. The number of hydrogen-bond acceptors (Lipinski definition) is 5. The van der Waals surface area contributed by atoms with Gasteiger partial charge in [0.25, 0.3) is 5.91 Å². The summed E-state index contributed by atoms with van der Waals surface area (Å²) in [6.45, 7) is 10.4. The zero-order chi connectivity index (χ0) is 18.9. The first-order chi connectivity index (χ1) is 11.9. The van der Waals surface area contributed by atoms with E-state index in [0.717, 1.165) is 12.8 Å². The average molecular weight is 351 g/mol. The van der Waals surface area contributed by atoms with E-state index in [1.54, 1.807) is 39.0 Å². The summed E-state index contributed by atoms with van der Waals surface area (Å²) in [6, 6.07) is 4.93. The third-order valence-electron chi connectivity index (χ3n) is 3.41. The molecule has 1 N–H and O–H groups in total. The molecule has 0 fully saturated rings. The topological polar surface area (TPSA) is 73.9 Å². The molecule has 0 atom stereocenters. The summed E-state index contributed by atoms with van der Waals surface area (Å²) in [4.78, 5) is 24.6. The Kier molecular flexibility index (Phi) is 8.41.